The minimum Gasteiger partial charge on any atom is -0.479 e. The first-order valence-corrected chi connectivity index (χ1v) is 32.4. The predicted molar refractivity (Wildman–Crippen MR) is 307 cm³/mol. The van der Waals surface area contributed by atoms with E-state index in [0.29, 0.717) is 56.9 Å². The lowest BCUT2D eigenvalue weighted by molar-refractivity contribution is -0.404. The van der Waals surface area contributed by atoms with Gasteiger partial charge in [0.15, 0.2) is 43.7 Å². The zero-order valence-electron chi connectivity index (χ0n) is 53.5. The van der Waals surface area contributed by atoms with Crippen LogP contribution in [0.25, 0.3) is 0 Å². The van der Waals surface area contributed by atoms with Crippen molar-refractivity contribution in [3.63, 3.8) is 0 Å². The number of allylic oxidation sites excluding steroid dienone is 1. The van der Waals surface area contributed by atoms with Gasteiger partial charge < -0.3 is 124 Å². The molecule has 6 saturated carbocycles. The molecule has 10 fully saturated rings. The van der Waals surface area contributed by atoms with E-state index in [9.17, 15) is 91.0 Å². The van der Waals surface area contributed by atoms with E-state index in [-0.39, 0.29) is 31.1 Å². The molecule has 4 aliphatic heterocycles. The highest BCUT2D eigenvalue weighted by Gasteiger charge is 2.86. The van der Waals surface area contributed by atoms with Crippen molar-refractivity contribution in [2.45, 2.75) is 293 Å². The third-order valence-corrected chi connectivity index (χ3v) is 24.7. The van der Waals surface area contributed by atoms with Gasteiger partial charge in [-0.25, -0.2) is 9.59 Å². The van der Waals surface area contributed by atoms with E-state index in [1.165, 1.54) is 0 Å². The third-order valence-electron chi connectivity index (χ3n) is 24.7. The Kier molecular flexibility index (Phi) is 20.0. The maximum absolute atomic E-state index is 13.7. The van der Waals surface area contributed by atoms with Gasteiger partial charge in [-0.2, -0.15) is 0 Å². The topological polar surface area (TPSA) is 447 Å². The Morgan fingerprint density at radius 1 is 0.604 bits per heavy atom. The van der Waals surface area contributed by atoms with Crippen molar-refractivity contribution in [2.24, 2.45) is 56.2 Å². The molecule has 6 aliphatic carbocycles. The fraction of sp³-hybridized carbons (Fsp3) is 0.921. The molecular formula is C63H100O28. The standard InChI is InChI=1S/C63H100O28/c1-11-13-34(67)85-49-48(89-51(79)25(3)12-2)57(4,5)21-31-62-19-15-30-59(8)17-16-33(58(6,7)29(59)14-18-60(30,9)61(62,10)22-32(66)63(31,49)56(81)91-62)84-55-47(82-27-20-26(23-64)35(68)38(71)36(27)69)44(43(76)45(87-55)50(77)78)86-54-46(40(73)37(70)28(24-65)83-54)88-53-42(75)39(72)41(74)52(80)90-53/h12,26-33,35-49,52-56,64-66,68-76,80-81H,11,13-24H2,1-10H3,(H,77,78)/b25-12-/t26-,27-,28-,29+,30-,31+,32-,33+,35+,36+,37+,38+,39-,40+,41-,42-,43+,44+,45+,46+,47-,48+,49+,52-,53-,54+,55-,56+,59+,60-,61+,62+,63-/m1/s1. The number of aliphatic hydroxyl groups excluding tert-OH is 14. The zero-order chi connectivity index (χ0) is 66.9. The summed E-state index contributed by atoms with van der Waals surface area (Å²) in [6.45, 7) is 18.1. The number of hydrogen-bond acceptors (Lipinski definition) is 27. The molecule has 4 heterocycles. The highest BCUT2D eigenvalue weighted by atomic mass is 16.8. The SMILES string of the molecule is C/C=C(/C)C(=O)O[C@H]1[C@H](OC(=O)CCC)[C@@]23[C@H](O)C[C@]4(C)[C@@](CC[C@@H]5[C@@]6(C)CC[C@H](O[C@@H]7O[C@H](C(=O)O)[C@@H](O)[C@H](O[C@@H]8O[C@H](CO)[C@H](O)[C@H](O)[C@@H]8O[C@@H]8O[C@@H](O)[C@H](O)[C@@H](O)[C@H]8O)[C@H]7O[C@@H]7C[C@H](CO)[C@H](O)[C@H](O)[C@H]7O)C(C)(C)[C@@H]6CC[C@]54C)(O[C@@H]2O)[C@@H]3CC1(C)C. The van der Waals surface area contributed by atoms with E-state index in [4.69, 9.17) is 47.4 Å². The number of aliphatic carboxylic acids is 1. The van der Waals surface area contributed by atoms with Crippen LogP contribution in [0.1, 0.15) is 140 Å². The maximum atomic E-state index is 13.7. The Balaban J connectivity index is 0.973. The minimum absolute atomic E-state index is 0.0514. The van der Waals surface area contributed by atoms with Gasteiger partial charge in [0, 0.05) is 41.3 Å². The van der Waals surface area contributed by atoms with E-state index in [2.05, 4.69) is 20.8 Å². The van der Waals surface area contributed by atoms with E-state index >= 15 is 0 Å². The first-order valence-electron chi connectivity index (χ1n) is 32.4. The quantitative estimate of drug-likeness (QED) is 0.0475. The molecule has 520 valence electrons. The summed E-state index contributed by atoms with van der Waals surface area (Å²) in [5.74, 6) is -4.77. The van der Waals surface area contributed by atoms with Crippen LogP contribution in [0.2, 0.25) is 0 Å². The monoisotopic (exact) mass is 1300 g/mol. The maximum Gasteiger partial charge on any atom is 0.335 e. The molecule has 10 rings (SSSR count). The van der Waals surface area contributed by atoms with Crippen LogP contribution in [0.15, 0.2) is 11.6 Å². The number of rotatable bonds is 16. The molecule has 10 aliphatic rings. The molecule has 0 aromatic heterocycles. The van der Waals surface area contributed by atoms with E-state index in [0.717, 1.165) is 0 Å². The number of carbonyl (C=O) groups is 3. The molecule has 28 heteroatoms. The number of fused-ring (bicyclic) bond motifs is 4. The molecule has 28 nitrogen and oxygen atoms in total. The van der Waals surface area contributed by atoms with Gasteiger partial charge in [0.05, 0.1) is 42.0 Å². The molecule has 0 aromatic rings. The third kappa shape index (κ3) is 11.1. The second-order valence-corrected chi connectivity index (χ2v) is 30.0. The van der Waals surface area contributed by atoms with Gasteiger partial charge >= 0.3 is 17.9 Å². The van der Waals surface area contributed by atoms with Gasteiger partial charge in [0.25, 0.3) is 0 Å². The average Bonchev–Trinajstić information content (AvgIpc) is 1.56. The Morgan fingerprint density at radius 2 is 1.25 bits per heavy atom. The van der Waals surface area contributed by atoms with Crippen molar-refractivity contribution in [2.75, 3.05) is 13.2 Å². The Labute approximate surface area is 528 Å². The normalized spacial score (nSPS) is 52.6. The summed E-state index contributed by atoms with van der Waals surface area (Å²) in [5.41, 5.74) is -5.88. The van der Waals surface area contributed by atoms with Crippen molar-refractivity contribution < 1.29 is 138 Å². The molecule has 2 bridgehead atoms. The summed E-state index contributed by atoms with van der Waals surface area (Å²) in [5, 5.41) is 168. The van der Waals surface area contributed by atoms with Gasteiger partial charge in [-0.1, -0.05) is 61.5 Å². The highest BCUT2D eigenvalue weighted by molar-refractivity contribution is 5.87. The van der Waals surface area contributed by atoms with Gasteiger partial charge in [0.1, 0.15) is 79.4 Å². The number of esters is 2. The molecule has 0 unspecified atom stereocenters. The second kappa shape index (κ2) is 25.6. The van der Waals surface area contributed by atoms with Crippen molar-refractivity contribution >= 4 is 17.9 Å². The Bertz CT molecular complexity index is 2660. The summed E-state index contributed by atoms with van der Waals surface area (Å²) in [4.78, 5) is 40.7. The summed E-state index contributed by atoms with van der Waals surface area (Å²) >= 11 is 0. The molecule has 4 saturated heterocycles. The molecular weight excluding hydrogens is 1200 g/mol. The number of carbonyl (C=O) groups excluding carboxylic acids is 2. The van der Waals surface area contributed by atoms with Crippen LogP contribution in [-0.2, 0) is 61.8 Å². The first kappa shape index (κ1) is 71.1. The van der Waals surface area contributed by atoms with Crippen LogP contribution in [0.3, 0.4) is 0 Å². The lowest BCUT2D eigenvalue weighted by atomic mass is 9.30. The number of carboxylic acid groups (broad SMARTS) is 1. The fourth-order valence-electron chi connectivity index (χ4n) is 19.5. The molecule has 15 N–H and O–H groups in total. The van der Waals surface area contributed by atoms with Gasteiger partial charge in [-0.3, -0.25) is 4.79 Å². The van der Waals surface area contributed by atoms with Crippen LogP contribution in [0.4, 0.5) is 0 Å². The zero-order valence-corrected chi connectivity index (χ0v) is 53.5. The van der Waals surface area contributed by atoms with Gasteiger partial charge in [0.2, 0.25) is 0 Å². The summed E-state index contributed by atoms with van der Waals surface area (Å²) in [6.07, 6.45) is -38.5. The molecule has 1 spiro atoms. The predicted octanol–water partition coefficient (Wildman–Crippen LogP) is -1.51. The summed E-state index contributed by atoms with van der Waals surface area (Å²) in [7, 11) is 0. The van der Waals surface area contributed by atoms with Crippen LogP contribution >= 0.6 is 0 Å². The molecule has 91 heavy (non-hydrogen) atoms. The van der Waals surface area contributed by atoms with Crippen LogP contribution in [-0.4, -0.2) is 261 Å². The lowest BCUT2D eigenvalue weighted by Crippen LogP contribution is -2.77. The van der Waals surface area contributed by atoms with Crippen LogP contribution in [0, 0.1) is 56.2 Å². The Hall–Kier alpha value is -2.73. The molecule has 33 atom stereocenters. The smallest absolute Gasteiger partial charge is 0.335 e. The lowest BCUT2D eigenvalue weighted by Gasteiger charge is -2.75. The highest BCUT2D eigenvalue weighted by Crippen LogP contribution is 2.82. The number of carboxylic acids is 1. The summed E-state index contributed by atoms with van der Waals surface area (Å²) < 4.78 is 63.0. The molecule has 0 aromatic carbocycles. The van der Waals surface area contributed by atoms with E-state index in [1.807, 2.05) is 34.6 Å². The average molecular weight is 1310 g/mol. The van der Waals surface area contributed by atoms with Gasteiger partial charge in [-0.15, -0.1) is 0 Å². The minimum atomic E-state index is -2.28. The van der Waals surface area contributed by atoms with Crippen molar-refractivity contribution in [1.29, 1.82) is 0 Å². The molecule has 0 radical (unpaired) electrons. The van der Waals surface area contributed by atoms with Crippen molar-refractivity contribution in [3.05, 3.63) is 11.6 Å². The summed E-state index contributed by atoms with van der Waals surface area (Å²) in [6, 6.07) is 0. The van der Waals surface area contributed by atoms with Gasteiger partial charge in [-0.05, 0) is 106 Å². The fourth-order valence-corrected chi connectivity index (χ4v) is 19.5. The van der Waals surface area contributed by atoms with E-state index < -0.39 is 228 Å². The number of aliphatic hydroxyl groups is 14. The van der Waals surface area contributed by atoms with E-state index in [1.54, 1.807) is 19.9 Å². The van der Waals surface area contributed by atoms with Crippen molar-refractivity contribution in [3.8, 4) is 0 Å². The van der Waals surface area contributed by atoms with Crippen molar-refractivity contribution in [1.82, 2.24) is 0 Å². The largest absolute Gasteiger partial charge is 0.479 e. The number of ether oxygens (including phenoxy) is 10. The Morgan fingerprint density at radius 3 is 1.89 bits per heavy atom. The first-order chi connectivity index (χ1) is 42.5. The van der Waals surface area contributed by atoms with Crippen LogP contribution in [0.5, 0.6) is 0 Å². The van der Waals surface area contributed by atoms with Crippen LogP contribution < -0.4 is 0 Å². The molecule has 0 amide bonds. The second-order valence-electron chi connectivity index (χ2n) is 30.0. The number of hydrogen-bond donors (Lipinski definition) is 15.